The van der Waals surface area contributed by atoms with Gasteiger partial charge in [0.1, 0.15) is 0 Å². The summed E-state index contributed by atoms with van der Waals surface area (Å²) in [6.07, 6.45) is 9.75. The molecule has 0 bridgehead atoms. The van der Waals surface area contributed by atoms with Crippen molar-refractivity contribution in [1.29, 1.82) is 0 Å². The summed E-state index contributed by atoms with van der Waals surface area (Å²) >= 11 is -2.44. The zero-order valence-corrected chi connectivity index (χ0v) is 20.3. The summed E-state index contributed by atoms with van der Waals surface area (Å²) in [6.45, 7) is 0. The van der Waals surface area contributed by atoms with Gasteiger partial charge in [0.2, 0.25) is 0 Å². The fourth-order valence-corrected chi connectivity index (χ4v) is 14.6. The average molecular weight is 488 g/mol. The van der Waals surface area contributed by atoms with E-state index in [4.69, 9.17) is 0 Å². The van der Waals surface area contributed by atoms with Crippen LogP contribution in [0.5, 0.6) is 0 Å². The van der Waals surface area contributed by atoms with Crippen molar-refractivity contribution < 1.29 is 21.3 Å². The van der Waals surface area contributed by atoms with E-state index in [1.165, 1.54) is 33.4 Å². The standard InChI is InChI=1S/C13H10.2C9H7.Zr/c1-3-7-12(8-4-1)11-13-9-5-2-6-10-13;2*1-2-5-9-7-3-6-8(9)4-1;/h1-10H;2*1-7H;. The van der Waals surface area contributed by atoms with Crippen molar-refractivity contribution in [1.82, 2.24) is 0 Å². The average Bonchev–Trinajstić information content (AvgIpc) is 3.48. The van der Waals surface area contributed by atoms with Crippen LogP contribution in [0.1, 0.15) is 40.6 Å². The molecule has 0 nitrogen and oxygen atoms in total. The molecule has 2 unspecified atom stereocenters. The Labute approximate surface area is 197 Å². The van der Waals surface area contributed by atoms with Gasteiger partial charge in [-0.1, -0.05) is 0 Å². The quantitative estimate of drug-likeness (QED) is 0.281. The van der Waals surface area contributed by atoms with Crippen molar-refractivity contribution in [2.24, 2.45) is 0 Å². The van der Waals surface area contributed by atoms with Gasteiger partial charge in [-0.3, -0.25) is 0 Å². The molecule has 2 aliphatic rings. The molecule has 0 saturated heterocycles. The second kappa shape index (κ2) is 8.57. The number of hydrogen-bond donors (Lipinski definition) is 0. The second-order valence-electron chi connectivity index (χ2n) is 8.49. The van der Waals surface area contributed by atoms with Crippen LogP contribution in [0.25, 0.3) is 12.2 Å². The maximum absolute atomic E-state index is 2.51. The first-order valence-electron chi connectivity index (χ1n) is 11.3. The molecule has 0 spiro atoms. The SMILES string of the molecule is C1=C[CH]([Zr](=[C](c2ccccc2)c2ccccc2)[CH]2C=Cc3ccccc32)c2ccccc21. The van der Waals surface area contributed by atoms with Crippen molar-refractivity contribution in [2.45, 2.75) is 7.25 Å². The summed E-state index contributed by atoms with van der Waals surface area (Å²) in [6, 6.07) is 40.3. The zero-order chi connectivity index (χ0) is 21.3. The van der Waals surface area contributed by atoms with Gasteiger partial charge in [-0.2, -0.15) is 0 Å². The van der Waals surface area contributed by atoms with E-state index in [0.29, 0.717) is 7.25 Å². The molecule has 0 aromatic heterocycles. The van der Waals surface area contributed by atoms with E-state index in [2.05, 4.69) is 133 Å². The Morgan fingerprint density at radius 3 is 1.34 bits per heavy atom. The molecule has 152 valence electrons. The van der Waals surface area contributed by atoms with Crippen LogP contribution in [0.2, 0.25) is 0 Å². The Morgan fingerprint density at radius 1 is 0.469 bits per heavy atom. The first kappa shape index (κ1) is 19.8. The fraction of sp³-hybridized carbons (Fsp3) is 0.0645. The summed E-state index contributed by atoms with van der Waals surface area (Å²) in [7, 11) is 0. The fourth-order valence-electron chi connectivity index (χ4n) is 5.26. The molecule has 6 rings (SSSR count). The van der Waals surface area contributed by atoms with E-state index in [1.54, 1.807) is 3.21 Å². The minimum absolute atomic E-state index is 0.518. The molecular weight excluding hydrogens is 464 g/mol. The molecule has 0 fully saturated rings. The molecule has 4 aromatic carbocycles. The van der Waals surface area contributed by atoms with Crippen molar-refractivity contribution in [3.05, 3.63) is 155 Å². The molecule has 0 heterocycles. The van der Waals surface area contributed by atoms with Gasteiger partial charge < -0.3 is 0 Å². The van der Waals surface area contributed by atoms with Crippen molar-refractivity contribution in [2.75, 3.05) is 0 Å². The topological polar surface area (TPSA) is 0 Å². The van der Waals surface area contributed by atoms with E-state index < -0.39 is 21.3 Å². The normalized spacial score (nSPS) is 17.8. The first-order chi connectivity index (χ1) is 15.9. The number of benzene rings is 4. The number of allylic oxidation sites excluding steroid dienone is 2. The third kappa shape index (κ3) is 3.46. The minimum atomic E-state index is -2.44. The van der Waals surface area contributed by atoms with E-state index in [-0.39, 0.29) is 0 Å². The van der Waals surface area contributed by atoms with Crippen molar-refractivity contribution in [3.8, 4) is 0 Å². The molecule has 0 radical (unpaired) electrons. The molecule has 0 saturated carbocycles. The van der Waals surface area contributed by atoms with Crippen LogP contribution >= 0.6 is 0 Å². The van der Waals surface area contributed by atoms with Crippen LogP contribution in [0.4, 0.5) is 0 Å². The van der Waals surface area contributed by atoms with Gasteiger partial charge in [0, 0.05) is 0 Å². The van der Waals surface area contributed by atoms with Crippen LogP contribution < -0.4 is 0 Å². The molecule has 4 aromatic rings. The Hall–Kier alpha value is -2.89. The molecule has 1 heteroatoms. The van der Waals surface area contributed by atoms with Gasteiger partial charge in [-0.05, 0) is 0 Å². The van der Waals surface area contributed by atoms with Crippen LogP contribution in [0.3, 0.4) is 0 Å². The van der Waals surface area contributed by atoms with Gasteiger partial charge in [0.15, 0.2) is 0 Å². The van der Waals surface area contributed by atoms with E-state index in [0.717, 1.165) is 0 Å². The van der Waals surface area contributed by atoms with Crippen LogP contribution in [-0.2, 0) is 21.3 Å². The van der Waals surface area contributed by atoms with Gasteiger partial charge in [-0.25, -0.2) is 0 Å². The monoisotopic (exact) mass is 486 g/mol. The van der Waals surface area contributed by atoms with E-state index in [9.17, 15) is 0 Å². The second-order valence-corrected chi connectivity index (χ2v) is 15.0. The Kier molecular flexibility index (Phi) is 5.29. The molecular formula is C31H24Zr. The van der Waals surface area contributed by atoms with E-state index >= 15 is 0 Å². The van der Waals surface area contributed by atoms with E-state index in [1.807, 2.05) is 0 Å². The number of fused-ring (bicyclic) bond motifs is 2. The summed E-state index contributed by atoms with van der Waals surface area (Å²) in [5.41, 5.74) is 8.61. The summed E-state index contributed by atoms with van der Waals surface area (Å²) in [5.74, 6) is 0. The third-order valence-electron chi connectivity index (χ3n) is 6.68. The first-order valence-corrected chi connectivity index (χ1v) is 15.4. The molecule has 2 atom stereocenters. The predicted molar refractivity (Wildman–Crippen MR) is 133 cm³/mol. The van der Waals surface area contributed by atoms with Gasteiger partial charge >= 0.3 is 199 Å². The number of hydrogen-bond acceptors (Lipinski definition) is 0. The maximum atomic E-state index is 2.51. The molecule has 0 N–H and O–H groups in total. The predicted octanol–water partition coefficient (Wildman–Crippen LogP) is 7.41. The molecule has 0 amide bonds. The Bertz CT molecular complexity index is 1260. The van der Waals surface area contributed by atoms with Gasteiger partial charge in [0.25, 0.3) is 0 Å². The zero-order valence-electron chi connectivity index (χ0n) is 17.9. The van der Waals surface area contributed by atoms with Crippen LogP contribution in [-0.4, -0.2) is 3.21 Å². The van der Waals surface area contributed by atoms with Gasteiger partial charge in [0.05, 0.1) is 0 Å². The summed E-state index contributed by atoms with van der Waals surface area (Å²) in [5, 5.41) is 0. The van der Waals surface area contributed by atoms with Gasteiger partial charge in [-0.15, -0.1) is 0 Å². The molecule has 2 aliphatic carbocycles. The van der Waals surface area contributed by atoms with Crippen molar-refractivity contribution in [3.63, 3.8) is 0 Å². The molecule has 0 aliphatic heterocycles. The van der Waals surface area contributed by atoms with Crippen LogP contribution in [0, 0.1) is 0 Å². The third-order valence-corrected chi connectivity index (χ3v) is 15.3. The Morgan fingerprint density at radius 2 is 0.875 bits per heavy atom. The van der Waals surface area contributed by atoms with Crippen LogP contribution in [0.15, 0.2) is 121 Å². The molecule has 32 heavy (non-hydrogen) atoms. The Balaban J connectivity index is 1.67. The number of rotatable bonds is 4. The summed E-state index contributed by atoms with van der Waals surface area (Å²) < 4.78 is 2.65. The van der Waals surface area contributed by atoms with Crippen molar-refractivity contribution >= 4 is 15.4 Å². The summed E-state index contributed by atoms with van der Waals surface area (Å²) in [4.78, 5) is 0.